The Hall–Kier alpha value is -1.83. The highest BCUT2D eigenvalue weighted by molar-refractivity contribution is 5.76. The predicted molar refractivity (Wildman–Crippen MR) is 121 cm³/mol. The van der Waals surface area contributed by atoms with Crippen molar-refractivity contribution in [3.05, 3.63) is 0 Å². The van der Waals surface area contributed by atoms with Crippen LogP contribution < -0.4 is 16.0 Å². The number of carboxylic acids is 1. The fraction of sp³-hybridized carbons (Fsp3) is 0.875. The maximum atomic E-state index is 12.5. The van der Waals surface area contributed by atoms with E-state index in [1.807, 2.05) is 0 Å². The SMILES string of the molecule is CC1CCCCC1NC(=O)NC1CCC(CC(=O)NC2CCC(OCC(=O)O)CC2)CC1. The summed E-state index contributed by atoms with van der Waals surface area (Å²) in [6.07, 6.45) is 12.3. The lowest BCUT2D eigenvalue weighted by Crippen LogP contribution is -2.49. The quantitative estimate of drug-likeness (QED) is 0.452. The van der Waals surface area contributed by atoms with Crippen LogP contribution in [-0.2, 0) is 14.3 Å². The second kappa shape index (κ2) is 12.4. The summed E-state index contributed by atoms with van der Waals surface area (Å²) in [6.45, 7) is 1.97. The first-order valence-electron chi connectivity index (χ1n) is 12.6. The van der Waals surface area contributed by atoms with Crippen molar-refractivity contribution in [3.8, 4) is 0 Å². The van der Waals surface area contributed by atoms with Crippen molar-refractivity contribution < 1.29 is 24.2 Å². The predicted octanol–water partition coefficient (Wildman–Crippen LogP) is 3.34. The zero-order valence-electron chi connectivity index (χ0n) is 19.4. The Morgan fingerprint density at radius 2 is 1.44 bits per heavy atom. The van der Waals surface area contributed by atoms with E-state index < -0.39 is 5.97 Å². The van der Waals surface area contributed by atoms with Gasteiger partial charge in [-0.05, 0) is 76.0 Å². The monoisotopic (exact) mass is 451 g/mol. The van der Waals surface area contributed by atoms with E-state index in [0.717, 1.165) is 57.8 Å². The normalized spacial score (nSPS) is 33.2. The topological polar surface area (TPSA) is 117 Å². The lowest BCUT2D eigenvalue weighted by Gasteiger charge is -2.32. The van der Waals surface area contributed by atoms with Crippen LogP contribution in [0.2, 0.25) is 0 Å². The smallest absolute Gasteiger partial charge is 0.329 e. The van der Waals surface area contributed by atoms with Gasteiger partial charge in [0.2, 0.25) is 5.91 Å². The van der Waals surface area contributed by atoms with Gasteiger partial charge in [-0.1, -0.05) is 19.8 Å². The summed E-state index contributed by atoms with van der Waals surface area (Å²) in [6, 6.07) is 0.626. The highest BCUT2D eigenvalue weighted by Crippen LogP contribution is 2.28. The minimum Gasteiger partial charge on any atom is -0.480 e. The maximum absolute atomic E-state index is 12.5. The van der Waals surface area contributed by atoms with Gasteiger partial charge in [-0.15, -0.1) is 0 Å². The lowest BCUT2D eigenvalue weighted by atomic mass is 9.83. The van der Waals surface area contributed by atoms with Crippen LogP contribution in [0.25, 0.3) is 0 Å². The number of hydrogen-bond donors (Lipinski definition) is 4. The van der Waals surface area contributed by atoms with Crippen molar-refractivity contribution in [2.75, 3.05) is 6.61 Å². The molecule has 3 aliphatic carbocycles. The Morgan fingerprint density at radius 1 is 0.812 bits per heavy atom. The molecule has 2 unspecified atom stereocenters. The number of carbonyl (C=O) groups is 3. The zero-order valence-corrected chi connectivity index (χ0v) is 19.4. The highest BCUT2D eigenvalue weighted by Gasteiger charge is 2.28. The molecular weight excluding hydrogens is 410 g/mol. The summed E-state index contributed by atoms with van der Waals surface area (Å²) in [5, 5.41) is 18.2. The number of ether oxygens (including phenoxy) is 1. The van der Waals surface area contributed by atoms with Gasteiger partial charge in [-0.25, -0.2) is 9.59 Å². The average Bonchev–Trinajstić information content (AvgIpc) is 2.76. The minimum absolute atomic E-state index is 0.0134. The Labute approximate surface area is 191 Å². The van der Waals surface area contributed by atoms with Gasteiger partial charge in [0, 0.05) is 24.5 Å². The van der Waals surface area contributed by atoms with Crippen molar-refractivity contribution in [1.82, 2.24) is 16.0 Å². The van der Waals surface area contributed by atoms with Gasteiger partial charge in [-0.2, -0.15) is 0 Å². The van der Waals surface area contributed by atoms with Crippen LogP contribution in [-0.4, -0.2) is 53.9 Å². The summed E-state index contributed by atoms with van der Waals surface area (Å²) < 4.78 is 5.36. The fourth-order valence-electron chi connectivity index (χ4n) is 5.55. The van der Waals surface area contributed by atoms with E-state index >= 15 is 0 Å². The van der Waals surface area contributed by atoms with Crippen LogP contribution in [0, 0.1) is 11.8 Å². The molecule has 0 spiro atoms. The van der Waals surface area contributed by atoms with Gasteiger partial charge >= 0.3 is 12.0 Å². The van der Waals surface area contributed by atoms with Gasteiger partial charge in [0.25, 0.3) is 0 Å². The Balaban J connectivity index is 1.27. The highest BCUT2D eigenvalue weighted by atomic mass is 16.5. The van der Waals surface area contributed by atoms with E-state index in [1.54, 1.807) is 0 Å². The summed E-state index contributed by atoms with van der Waals surface area (Å²) >= 11 is 0. The van der Waals surface area contributed by atoms with E-state index in [9.17, 15) is 14.4 Å². The van der Waals surface area contributed by atoms with E-state index in [2.05, 4.69) is 22.9 Å². The summed E-state index contributed by atoms with van der Waals surface area (Å²) in [4.78, 5) is 35.5. The summed E-state index contributed by atoms with van der Waals surface area (Å²) in [7, 11) is 0. The average molecular weight is 452 g/mol. The standard InChI is InChI=1S/C24H41N3O5/c1-16-4-2-3-5-21(16)27-24(31)26-19-8-6-17(7-9-19)14-22(28)25-18-10-12-20(13-11-18)32-15-23(29)30/h16-21H,2-15H2,1H3,(H,25,28)(H,29,30)(H2,26,27,31). The molecule has 0 saturated heterocycles. The Kier molecular flexibility index (Phi) is 9.63. The second-order valence-electron chi connectivity index (χ2n) is 10.2. The van der Waals surface area contributed by atoms with E-state index in [4.69, 9.17) is 9.84 Å². The molecule has 3 aliphatic rings. The number of amides is 3. The molecule has 32 heavy (non-hydrogen) atoms. The molecule has 3 fully saturated rings. The van der Waals surface area contributed by atoms with Gasteiger partial charge in [0.05, 0.1) is 6.10 Å². The molecule has 0 bridgehead atoms. The third-order valence-electron chi connectivity index (χ3n) is 7.57. The number of carbonyl (C=O) groups excluding carboxylic acids is 2. The largest absolute Gasteiger partial charge is 0.480 e. The number of urea groups is 1. The van der Waals surface area contributed by atoms with E-state index in [-0.39, 0.29) is 36.7 Å². The van der Waals surface area contributed by atoms with Crippen LogP contribution in [0.3, 0.4) is 0 Å². The molecule has 2 atom stereocenters. The van der Waals surface area contributed by atoms with Crippen LogP contribution in [0.4, 0.5) is 4.79 Å². The van der Waals surface area contributed by atoms with Crippen molar-refractivity contribution in [2.45, 2.75) is 115 Å². The van der Waals surface area contributed by atoms with Gasteiger partial charge in [0.1, 0.15) is 6.61 Å². The molecule has 0 aromatic rings. The molecular formula is C24H41N3O5. The van der Waals surface area contributed by atoms with Crippen molar-refractivity contribution in [2.24, 2.45) is 11.8 Å². The van der Waals surface area contributed by atoms with Crippen LogP contribution in [0.15, 0.2) is 0 Å². The number of hydrogen-bond acceptors (Lipinski definition) is 4. The lowest BCUT2D eigenvalue weighted by molar-refractivity contribution is -0.145. The molecule has 4 N–H and O–H groups in total. The van der Waals surface area contributed by atoms with Crippen LogP contribution in [0.5, 0.6) is 0 Å². The van der Waals surface area contributed by atoms with Crippen molar-refractivity contribution in [3.63, 3.8) is 0 Å². The Morgan fingerprint density at radius 3 is 2.09 bits per heavy atom. The molecule has 0 heterocycles. The third kappa shape index (κ3) is 8.26. The molecule has 0 aromatic heterocycles. The first-order chi connectivity index (χ1) is 15.4. The first kappa shape index (κ1) is 24.8. The van der Waals surface area contributed by atoms with Gasteiger partial charge in [-0.3, -0.25) is 4.79 Å². The number of aliphatic carboxylic acids is 1. The van der Waals surface area contributed by atoms with E-state index in [1.165, 1.54) is 19.3 Å². The summed E-state index contributed by atoms with van der Waals surface area (Å²) in [5.74, 6) is 0.103. The van der Waals surface area contributed by atoms with E-state index in [0.29, 0.717) is 24.3 Å². The fourth-order valence-corrected chi connectivity index (χ4v) is 5.55. The molecule has 182 valence electrons. The van der Waals surface area contributed by atoms with Crippen molar-refractivity contribution >= 4 is 17.9 Å². The maximum Gasteiger partial charge on any atom is 0.329 e. The molecule has 3 amide bonds. The molecule has 3 saturated carbocycles. The minimum atomic E-state index is -0.940. The molecule has 0 aliphatic heterocycles. The number of nitrogens with one attached hydrogen (secondary N) is 3. The van der Waals surface area contributed by atoms with Gasteiger partial charge < -0.3 is 25.8 Å². The number of rotatable bonds is 8. The summed E-state index contributed by atoms with van der Waals surface area (Å²) in [5.41, 5.74) is 0. The molecule has 8 nitrogen and oxygen atoms in total. The van der Waals surface area contributed by atoms with Gasteiger partial charge in [0.15, 0.2) is 0 Å². The zero-order chi connectivity index (χ0) is 22.9. The molecule has 0 aromatic carbocycles. The third-order valence-corrected chi connectivity index (χ3v) is 7.57. The molecule has 3 rings (SSSR count). The van der Waals surface area contributed by atoms with Crippen LogP contribution >= 0.6 is 0 Å². The van der Waals surface area contributed by atoms with Crippen LogP contribution in [0.1, 0.15) is 90.4 Å². The second-order valence-corrected chi connectivity index (χ2v) is 10.2. The van der Waals surface area contributed by atoms with Crippen molar-refractivity contribution in [1.29, 1.82) is 0 Å². The molecule has 0 radical (unpaired) electrons. The molecule has 8 heteroatoms. The first-order valence-corrected chi connectivity index (χ1v) is 12.6. The number of carboxylic acid groups (broad SMARTS) is 1. The Bertz CT molecular complexity index is 627.